The molecule has 0 bridgehead atoms. The number of aromatic nitrogens is 1. The van der Waals surface area contributed by atoms with Gasteiger partial charge in [-0.15, -0.1) is 0 Å². The van der Waals surface area contributed by atoms with E-state index in [4.69, 9.17) is 4.98 Å². The summed E-state index contributed by atoms with van der Waals surface area (Å²) in [5.74, 6) is 0.585. The average Bonchev–Trinajstić information content (AvgIpc) is 2.89. The van der Waals surface area contributed by atoms with Gasteiger partial charge in [0.1, 0.15) is 0 Å². The molecule has 1 aliphatic heterocycles. The maximum atomic E-state index is 11.0. The first kappa shape index (κ1) is 13.4. The fourth-order valence-corrected chi connectivity index (χ4v) is 3.69. The number of rotatable bonds is 3. The third-order valence-corrected chi connectivity index (χ3v) is 4.81. The lowest BCUT2D eigenvalue weighted by atomic mass is 9.98. The Morgan fingerprint density at radius 3 is 3.15 bits per heavy atom. The summed E-state index contributed by atoms with van der Waals surface area (Å²) in [5.41, 5.74) is 1.08. The van der Waals surface area contributed by atoms with E-state index in [2.05, 4.69) is 28.4 Å². The van der Waals surface area contributed by atoms with Crippen molar-refractivity contribution in [3.05, 3.63) is 24.3 Å². The number of nitrogens with one attached hydrogen (secondary N) is 1. The fraction of sp³-hybridized carbons (Fsp3) is 0.467. The topological polar surface area (TPSA) is 45.2 Å². The van der Waals surface area contributed by atoms with E-state index in [-0.39, 0.29) is 5.91 Å². The van der Waals surface area contributed by atoms with Gasteiger partial charge < -0.3 is 10.2 Å². The van der Waals surface area contributed by atoms with Crippen LogP contribution in [-0.4, -0.2) is 30.5 Å². The van der Waals surface area contributed by atoms with E-state index < -0.39 is 0 Å². The van der Waals surface area contributed by atoms with Gasteiger partial charge in [-0.25, -0.2) is 4.98 Å². The molecule has 4 nitrogen and oxygen atoms in total. The van der Waals surface area contributed by atoms with E-state index in [1.807, 2.05) is 6.07 Å². The number of thiazole rings is 1. The van der Waals surface area contributed by atoms with Crippen molar-refractivity contribution in [2.24, 2.45) is 5.92 Å². The van der Waals surface area contributed by atoms with Crippen molar-refractivity contribution in [1.82, 2.24) is 10.3 Å². The number of benzene rings is 1. The Balaban J connectivity index is 1.71. The molecule has 0 spiro atoms. The van der Waals surface area contributed by atoms with Gasteiger partial charge in [0.2, 0.25) is 5.91 Å². The van der Waals surface area contributed by atoms with Crippen LogP contribution in [0.5, 0.6) is 0 Å². The Hall–Kier alpha value is -1.62. The zero-order chi connectivity index (χ0) is 13.9. The number of nitrogens with zero attached hydrogens (tertiary/aromatic N) is 2. The van der Waals surface area contributed by atoms with Gasteiger partial charge in [0.25, 0.3) is 0 Å². The quantitative estimate of drug-likeness (QED) is 0.945. The Morgan fingerprint density at radius 2 is 2.35 bits per heavy atom. The highest BCUT2D eigenvalue weighted by Gasteiger charge is 2.22. The second-order valence-corrected chi connectivity index (χ2v) is 6.36. The lowest BCUT2D eigenvalue weighted by Crippen LogP contribution is -2.40. The van der Waals surface area contributed by atoms with Crippen molar-refractivity contribution in [2.75, 3.05) is 24.5 Å². The molecule has 1 atom stereocenters. The third kappa shape index (κ3) is 2.93. The number of carbonyl (C=O) groups excluding carboxylic acids is 1. The smallest absolute Gasteiger partial charge is 0.216 e. The molecule has 1 aromatic carbocycles. The van der Waals surface area contributed by atoms with Crippen molar-refractivity contribution in [3.8, 4) is 0 Å². The summed E-state index contributed by atoms with van der Waals surface area (Å²) in [6.07, 6.45) is 2.35. The molecule has 3 rings (SSSR count). The second-order valence-electron chi connectivity index (χ2n) is 5.36. The summed E-state index contributed by atoms with van der Waals surface area (Å²) in [6, 6.07) is 8.27. The first-order valence-corrected chi connectivity index (χ1v) is 7.89. The Kier molecular flexibility index (Phi) is 3.87. The highest BCUT2D eigenvalue weighted by molar-refractivity contribution is 7.22. The van der Waals surface area contributed by atoms with Gasteiger partial charge in [-0.1, -0.05) is 23.5 Å². The van der Waals surface area contributed by atoms with Crippen LogP contribution in [0.3, 0.4) is 0 Å². The molecular weight excluding hydrogens is 270 g/mol. The molecule has 1 aromatic heterocycles. The fourth-order valence-electron chi connectivity index (χ4n) is 2.69. The molecule has 0 aliphatic carbocycles. The standard InChI is InChI=1S/C15H19N3OS/c1-11(19)16-9-12-5-4-8-18(10-12)15-17-13-6-2-3-7-14(13)20-15/h2-3,6-7,12H,4-5,8-10H2,1H3,(H,16,19). The number of carbonyl (C=O) groups is 1. The van der Waals surface area contributed by atoms with Crippen LogP contribution in [0.2, 0.25) is 0 Å². The molecule has 106 valence electrons. The van der Waals surface area contributed by atoms with Crippen molar-refractivity contribution in [2.45, 2.75) is 19.8 Å². The van der Waals surface area contributed by atoms with Gasteiger partial charge in [0, 0.05) is 26.6 Å². The van der Waals surface area contributed by atoms with Crippen LogP contribution in [0, 0.1) is 5.92 Å². The molecular formula is C15H19N3OS. The van der Waals surface area contributed by atoms with E-state index in [0.29, 0.717) is 5.92 Å². The van der Waals surface area contributed by atoms with Crippen LogP contribution in [0.15, 0.2) is 24.3 Å². The van der Waals surface area contributed by atoms with Crippen LogP contribution in [0.1, 0.15) is 19.8 Å². The number of fused-ring (bicyclic) bond motifs is 1. The highest BCUT2D eigenvalue weighted by atomic mass is 32.1. The Morgan fingerprint density at radius 1 is 1.50 bits per heavy atom. The normalized spacial score (nSPS) is 19.2. The predicted octanol–water partition coefficient (Wildman–Crippen LogP) is 2.65. The third-order valence-electron chi connectivity index (χ3n) is 3.71. The molecule has 0 radical (unpaired) electrons. The molecule has 20 heavy (non-hydrogen) atoms. The SMILES string of the molecule is CC(=O)NCC1CCCN(c2nc3ccccc3s2)C1. The first-order chi connectivity index (χ1) is 9.72. The average molecular weight is 289 g/mol. The van der Waals surface area contributed by atoms with E-state index in [0.717, 1.165) is 30.3 Å². The van der Waals surface area contributed by atoms with Gasteiger partial charge >= 0.3 is 0 Å². The lowest BCUT2D eigenvalue weighted by Gasteiger charge is -2.32. The van der Waals surface area contributed by atoms with Crippen LogP contribution < -0.4 is 10.2 Å². The van der Waals surface area contributed by atoms with Crippen LogP contribution in [-0.2, 0) is 4.79 Å². The van der Waals surface area contributed by atoms with Crippen molar-refractivity contribution >= 4 is 32.6 Å². The number of anilines is 1. The van der Waals surface area contributed by atoms with E-state index in [1.165, 1.54) is 17.5 Å². The summed E-state index contributed by atoms with van der Waals surface area (Å²) in [4.78, 5) is 18.1. The molecule has 1 saturated heterocycles. The van der Waals surface area contributed by atoms with Gasteiger partial charge in [-0.2, -0.15) is 0 Å². The minimum Gasteiger partial charge on any atom is -0.356 e. The van der Waals surface area contributed by atoms with Crippen LogP contribution in [0.4, 0.5) is 5.13 Å². The molecule has 1 N–H and O–H groups in total. The van der Waals surface area contributed by atoms with Crippen LogP contribution in [0.25, 0.3) is 10.2 Å². The number of hydrogen-bond donors (Lipinski definition) is 1. The molecule has 5 heteroatoms. The minimum atomic E-state index is 0.0575. The number of amides is 1. The Labute approximate surface area is 122 Å². The molecule has 1 fully saturated rings. The van der Waals surface area contributed by atoms with E-state index >= 15 is 0 Å². The molecule has 2 heterocycles. The zero-order valence-corrected chi connectivity index (χ0v) is 12.4. The van der Waals surface area contributed by atoms with E-state index in [1.54, 1.807) is 18.3 Å². The number of piperidine rings is 1. The van der Waals surface area contributed by atoms with Gasteiger partial charge in [0.15, 0.2) is 5.13 Å². The maximum absolute atomic E-state index is 11.0. The largest absolute Gasteiger partial charge is 0.356 e. The lowest BCUT2D eigenvalue weighted by molar-refractivity contribution is -0.119. The van der Waals surface area contributed by atoms with Crippen LogP contribution >= 0.6 is 11.3 Å². The minimum absolute atomic E-state index is 0.0575. The van der Waals surface area contributed by atoms with E-state index in [9.17, 15) is 4.79 Å². The molecule has 1 unspecified atom stereocenters. The summed E-state index contributed by atoms with van der Waals surface area (Å²) < 4.78 is 1.24. The van der Waals surface area contributed by atoms with Crippen molar-refractivity contribution in [1.29, 1.82) is 0 Å². The van der Waals surface area contributed by atoms with Gasteiger partial charge in [-0.05, 0) is 30.9 Å². The zero-order valence-electron chi connectivity index (χ0n) is 11.6. The van der Waals surface area contributed by atoms with Crippen molar-refractivity contribution in [3.63, 3.8) is 0 Å². The summed E-state index contributed by atoms with van der Waals surface area (Å²) in [5, 5.41) is 4.04. The molecule has 0 saturated carbocycles. The summed E-state index contributed by atoms with van der Waals surface area (Å²) in [6.45, 7) is 4.40. The molecule has 1 aliphatic rings. The maximum Gasteiger partial charge on any atom is 0.216 e. The number of para-hydroxylation sites is 1. The number of hydrogen-bond acceptors (Lipinski definition) is 4. The van der Waals surface area contributed by atoms with Gasteiger partial charge in [0.05, 0.1) is 10.2 Å². The van der Waals surface area contributed by atoms with Crippen molar-refractivity contribution < 1.29 is 4.79 Å². The summed E-state index contributed by atoms with van der Waals surface area (Å²) in [7, 11) is 0. The predicted molar refractivity (Wildman–Crippen MR) is 83.2 cm³/mol. The highest BCUT2D eigenvalue weighted by Crippen LogP contribution is 2.31. The first-order valence-electron chi connectivity index (χ1n) is 7.07. The monoisotopic (exact) mass is 289 g/mol. The molecule has 1 amide bonds. The summed E-state index contributed by atoms with van der Waals surface area (Å²) >= 11 is 1.76. The molecule has 2 aromatic rings. The Bertz CT molecular complexity index is 577. The van der Waals surface area contributed by atoms with Gasteiger partial charge in [-0.3, -0.25) is 4.79 Å². The second kappa shape index (κ2) is 5.79.